The van der Waals surface area contributed by atoms with E-state index in [1.54, 1.807) is 0 Å². The van der Waals surface area contributed by atoms with Gasteiger partial charge in [0.15, 0.2) is 0 Å². The highest BCUT2D eigenvalue weighted by atomic mass is 15.1. The summed E-state index contributed by atoms with van der Waals surface area (Å²) in [5.74, 6) is 0.975. The zero-order chi connectivity index (χ0) is 13.7. The van der Waals surface area contributed by atoms with Crippen LogP contribution in [-0.4, -0.2) is 42.5 Å². The van der Waals surface area contributed by atoms with Crippen LogP contribution >= 0.6 is 0 Å². The highest BCUT2D eigenvalue weighted by molar-refractivity contribution is 5.06. The summed E-state index contributed by atoms with van der Waals surface area (Å²) in [6.07, 6.45) is 8.55. The van der Waals surface area contributed by atoms with E-state index in [4.69, 9.17) is 0 Å². The van der Waals surface area contributed by atoms with Crippen molar-refractivity contribution in [3.05, 3.63) is 11.3 Å². The van der Waals surface area contributed by atoms with Crippen molar-refractivity contribution in [2.75, 3.05) is 32.7 Å². The minimum atomic E-state index is 0.975. The summed E-state index contributed by atoms with van der Waals surface area (Å²) in [7, 11) is 0. The molecule has 2 fully saturated rings. The van der Waals surface area contributed by atoms with Gasteiger partial charge in [-0.25, -0.2) is 0 Å². The van der Waals surface area contributed by atoms with Crippen molar-refractivity contribution in [2.45, 2.75) is 59.3 Å². The van der Waals surface area contributed by atoms with Crippen LogP contribution in [-0.2, 0) is 0 Å². The predicted octanol–water partition coefficient (Wildman–Crippen LogP) is 3.89. The summed E-state index contributed by atoms with van der Waals surface area (Å²) >= 11 is 0. The van der Waals surface area contributed by atoms with E-state index in [1.165, 1.54) is 82.5 Å². The number of likely N-dealkylation sites (tertiary alicyclic amines) is 2. The lowest BCUT2D eigenvalue weighted by molar-refractivity contribution is 0.176. The fourth-order valence-corrected chi connectivity index (χ4v) is 3.42. The van der Waals surface area contributed by atoms with Gasteiger partial charge in [0.1, 0.15) is 0 Å². The maximum atomic E-state index is 2.69. The highest BCUT2D eigenvalue weighted by Gasteiger charge is 2.20. The van der Waals surface area contributed by atoms with Crippen molar-refractivity contribution in [3.8, 4) is 0 Å². The van der Waals surface area contributed by atoms with Crippen molar-refractivity contribution in [1.29, 1.82) is 0 Å². The van der Waals surface area contributed by atoms with Crippen LogP contribution < -0.4 is 0 Å². The molecule has 2 nitrogen and oxygen atoms in total. The van der Waals surface area contributed by atoms with Gasteiger partial charge in [-0.15, -0.1) is 0 Å². The summed E-state index contributed by atoms with van der Waals surface area (Å²) in [5.41, 5.74) is 2.99. The second kappa shape index (κ2) is 7.33. The third-order valence-corrected chi connectivity index (χ3v) is 5.11. The molecule has 2 rings (SSSR count). The second-order valence-corrected chi connectivity index (χ2v) is 6.71. The van der Waals surface area contributed by atoms with Crippen molar-refractivity contribution in [1.82, 2.24) is 9.80 Å². The Bertz CT molecular complexity index is 290. The first-order chi connectivity index (χ1) is 9.16. The summed E-state index contributed by atoms with van der Waals surface area (Å²) in [6.45, 7) is 13.4. The van der Waals surface area contributed by atoms with E-state index in [0.29, 0.717) is 0 Å². The van der Waals surface area contributed by atoms with E-state index in [9.17, 15) is 0 Å². The van der Waals surface area contributed by atoms with Gasteiger partial charge < -0.3 is 9.80 Å². The summed E-state index contributed by atoms with van der Waals surface area (Å²) in [4.78, 5) is 5.28. The largest absolute Gasteiger partial charge is 0.375 e. The number of piperidine rings is 2. The van der Waals surface area contributed by atoms with E-state index in [1.807, 2.05) is 0 Å². The number of hydrogen-bond acceptors (Lipinski definition) is 2. The molecule has 110 valence electrons. The van der Waals surface area contributed by atoms with Gasteiger partial charge in [0.05, 0.1) is 0 Å². The lowest BCUT2D eigenvalue weighted by Crippen LogP contribution is -2.35. The molecule has 0 saturated carbocycles. The SMILES string of the molecule is CC(C)=C(C)N1CCC(CCN2CCCCC2)CC1. The molecule has 2 saturated heterocycles. The zero-order valence-electron chi connectivity index (χ0n) is 13.2. The average Bonchev–Trinajstić information content (AvgIpc) is 2.46. The van der Waals surface area contributed by atoms with Gasteiger partial charge in [-0.1, -0.05) is 12.0 Å². The first kappa shape index (κ1) is 14.9. The lowest BCUT2D eigenvalue weighted by Gasteiger charge is -2.36. The Hall–Kier alpha value is -0.500. The Morgan fingerprint density at radius 2 is 1.53 bits per heavy atom. The molecular formula is C17H32N2. The van der Waals surface area contributed by atoms with E-state index >= 15 is 0 Å². The van der Waals surface area contributed by atoms with Crippen LogP contribution in [0.4, 0.5) is 0 Å². The molecule has 0 aromatic carbocycles. The molecule has 0 bridgehead atoms. The molecule has 0 spiro atoms. The molecule has 2 aliphatic rings. The second-order valence-electron chi connectivity index (χ2n) is 6.71. The minimum Gasteiger partial charge on any atom is -0.375 e. The van der Waals surface area contributed by atoms with Gasteiger partial charge in [-0.2, -0.15) is 0 Å². The van der Waals surface area contributed by atoms with E-state index < -0.39 is 0 Å². The molecule has 0 aliphatic carbocycles. The zero-order valence-corrected chi connectivity index (χ0v) is 13.2. The first-order valence-electron chi connectivity index (χ1n) is 8.28. The van der Waals surface area contributed by atoms with Gasteiger partial charge in [-0.3, -0.25) is 0 Å². The van der Waals surface area contributed by atoms with Crippen molar-refractivity contribution < 1.29 is 0 Å². The first-order valence-corrected chi connectivity index (χ1v) is 8.28. The normalized spacial score (nSPS) is 22.6. The minimum absolute atomic E-state index is 0.975. The van der Waals surface area contributed by atoms with Gasteiger partial charge in [0, 0.05) is 18.8 Å². The van der Waals surface area contributed by atoms with Crippen LogP contribution in [0.1, 0.15) is 59.3 Å². The van der Waals surface area contributed by atoms with Crippen LogP contribution in [0.2, 0.25) is 0 Å². The Morgan fingerprint density at radius 3 is 2.11 bits per heavy atom. The standard InChI is InChI=1S/C17H32N2/c1-15(2)16(3)19-13-8-17(9-14-19)7-12-18-10-5-4-6-11-18/h17H,4-14H2,1-3H3. The number of allylic oxidation sites excluding steroid dienone is 2. The molecule has 0 aromatic rings. The average molecular weight is 264 g/mol. The molecule has 19 heavy (non-hydrogen) atoms. The van der Waals surface area contributed by atoms with E-state index in [0.717, 1.165) is 5.92 Å². The molecule has 0 N–H and O–H groups in total. The molecule has 0 amide bonds. The predicted molar refractivity (Wildman–Crippen MR) is 83.3 cm³/mol. The van der Waals surface area contributed by atoms with Crippen LogP contribution in [0.15, 0.2) is 11.3 Å². The molecule has 2 heterocycles. The Balaban J connectivity index is 1.67. The number of hydrogen-bond donors (Lipinski definition) is 0. The maximum Gasteiger partial charge on any atom is 0.0177 e. The van der Waals surface area contributed by atoms with Crippen molar-refractivity contribution in [3.63, 3.8) is 0 Å². The summed E-state index contributed by atoms with van der Waals surface area (Å²) in [5, 5.41) is 0. The lowest BCUT2D eigenvalue weighted by atomic mass is 9.92. The maximum absolute atomic E-state index is 2.69. The van der Waals surface area contributed by atoms with Crippen LogP contribution in [0.25, 0.3) is 0 Å². The molecule has 2 aliphatic heterocycles. The number of nitrogens with zero attached hydrogens (tertiary/aromatic N) is 2. The molecule has 0 aromatic heterocycles. The molecular weight excluding hydrogens is 232 g/mol. The van der Waals surface area contributed by atoms with E-state index in [2.05, 4.69) is 30.6 Å². The topological polar surface area (TPSA) is 6.48 Å². The Kier molecular flexibility index (Phi) is 5.75. The van der Waals surface area contributed by atoms with Crippen molar-refractivity contribution in [2.24, 2.45) is 5.92 Å². The highest BCUT2D eigenvalue weighted by Crippen LogP contribution is 2.24. The summed E-state index contributed by atoms with van der Waals surface area (Å²) < 4.78 is 0. The fraction of sp³-hybridized carbons (Fsp3) is 0.882. The Morgan fingerprint density at radius 1 is 0.895 bits per heavy atom. The third-order valence-electron chi connectivity index (χ3n) is 5.11. The Labute approximate surface area is 119 Å². The number of rotatable bonds is 4. The quantitative estimate of drug-likeness (QED) is 0.760. The van der Waals surface area contributed by atoms with Crippen LogP contribution in [0.3, 0.4) is 0 Å². The third kappa shape index (κ3) is 4.52. The van der Waals surface area contributed by atoms with E-state index in [-0.39, 0.29) is 0 Å². The molecule has 0 radical (unpaired) electrons. The van der Waals surface area contributed by atoms with Crippen molar-refractivity contribution >= 4 is 0 Å². The van der Waals surface area contributed by atoms with Crippen LogP contribution in [0.5, 0.6) is 0 Å². The van der Waals surface area contributed by atoms with Crippen LogP contribution in [0, 0.1) is 5.92 Å². The molecule has 0 unspecified atom stereocenters. The monoisotopic (exact) mass is 264 g/mol. The van der Waals surface area contributed by atoms with Gasteiger partial charge in [-0.05, 0) is 78.4 Å². The molecule has 2 heteroatoms. The van der Waals surface area contributed by atoms with Gasteiger partial charge >= 0.3 is 0 Å². The van der Waals surface area contributed by atoms with Gasteiger partial charge in [0.25, 0.3) is 0 Å². The fourth-order valence-electron chi connectivity index (χ4n) is 3.42. The van der Waals surface area contributed by atoms with Gasteiger partial charge in [0.2, 0.25) is 0 Å². The summed E-state index contributed by atoms with van der Waals surface area (Å²) in [6, 6.07) is 0. The smallest absolute Gasteiger partial charge is 0.0177 e. The molecule has 0 atom stereocenters.